The summed E-state index contributed by atoms with van der Waals surface area (Å²) in [5, 5.41) is 14.2. The molecule has 1 aromatic heterocycles. The van der Waals surface area contributed by atoms with E-state index in [2.05, 4.69) is 10.1 Å². The van der Waals surface area contributed by atoms with Crippen LogP contribution in [0.15, 0.2) is 46.0 Å². The number of aliphatic imine (C=N–C) groups is 1. The maximum absolute atomic E-state index is 12.6. The number of hydrogen-bond acceptors (Lipinski definition) is 6. The zero-order valence-electron chi connectivity index (χ0n) is 16.9. The van der Waals surface area contributed by atoms with Gasteiger partial charge in [0.2, 0.25) is 19.4 Å². The minimum absolute atomic E-state index is 0.0367. The van der Waals surface area contributed by atoms with E-state index in [0.29, 0.717) is 5.02 Å². The lowest BCUT2D eigenvalue weighted by Gasteiger charge is -2.20. The molecule has 0 atom stereocenters. The van der Waals surface area contributed by atoms with E-state index < -0.39 is 15.7 Å². The van der Waals surface area contributed by atoms with Gasteiger partial charge in [0.25, 0.3) is 5.91 Å². The second-order valence-corrected chi connectivity index (χ2v) is 10.8. The highest BCUT2D eigenvalue weighted by Gasteiger charge is 2.39. The van der Waals surface area contributed by atoms with Crippen molar-refractivity contribution in [2.24, 2.45) is 10.1 Å². The third kappa shape index (κ3) is 3.75. The summed E-state index contributed by atoms with van der Waals surface area (Å²) in [7, 11) is -3.57. The largest absolute Gasteiger partial charge is 0.318 e. The van der Waals surface area contributed by atoms with Crippen molar-refractivity contribution in [2.75, 3.05) is 5.75 Å². The standard InChI is InChI=1S/C20H18ClN5O3S2/c1-4-31(28,29)20-24-26-17(22)16(18(27)23-19(26)30-20)9-13-8-11(2)25(12(13)3)15-7-5-6-14(21)10-15/h5-10,22H,4H2,1-3H3/b16-9-,22-17?. The number of nitrogens with zero attached hydrogens (tertiary/aromatic N) is 4. The van der Waals surface area contributed by atoms with Gasteiger partial charge in [-0.3, -0.25) is 10.2 Å². The van der Waals surface area contributed by atoms with E-state index in [4.69, 9.17) is 17.0 Å². The molecule has 160 valence electrons. The number of hydrogen-bond donors (Lipinski definition) is 1. The van der Waals surface area contributed by atoms with E-state index in [1.807, 2.05) is 42.7 Å². The number of hydrazone groups is 1. The van der Waals surface area contributed by atoms with E-state index in [1.54, 1.807) is 12.1 Å². The molecule has 0 spiro atoms. The van der Waals surface area contributed by atoms with Gasteiger partial charge in [0, 0.05) is 22.1 Å². The van der Waals surface area contributed by atoms with Gasteiger partial charge in [-0.05, 0) is 61.5 Å². The van der Waals surface area contributed by atoms with E-state index in [1.165, 1.54) is 6.92 Å². The van der Waals surface area contributed by atoms with Crippen LogP contribution in [-0.4, -0.2) is 45.0 Å². The second kappa shape index (κ2) is 7.77. The van der Waals surface area contributed by atoms with Gasteiger partial charge in [-0.2, -0.15) is 10.0 Å². The van der Waals surface area contributed by atoms with Crippen LogP contribution in [0.1, 0.15) is 23.9 Å². The minimum atomic E-state index is -3.57. The predicted molar refractivity (Wildman–Crippen MR) is 125 cm³/mol. The van der Waals surface area contributed by atoms with Crippen LogP contribution in [0.4, 0.5) is 0 Å². The Morgan fingerprint density at radius 1 is 1.26 bits per heavy atom. The predicted octanol–water partition coefficient (Wildman–Crippen LogP) is 3.76. The first kappa shape index (κ1) is 21.5. The lowest BCUT2D eigenvalue weighted by Crippen LogP contribution is -2.35. The first-order chi connectivity index (χ1) is 14.6. The Balaban J connectivity index is 1.75. The van der Waals surface area contributed by atoms with Gasteiger partial charge in [0.05, 0.1) is 11.3 Å². The van der Waals surface area contributed by atoms with E-state index >= 15 is 0 Å². The molecule has 1 N–H and O–H groups in total. The van der Waals surface area contributed by atoms with Gasteiger partial charge in [-0.25, -0.2) is 8.42 Å². The van der Waals surface area contributed by atoms with Crippen molar-refractivity contribution >= 4 is 60.6 Å². The average molecular weight is 476 g/mol. The van der Waals surface area contributed by atoms with Crippen molar-refractivity contribution in [3.05, 3.63) is 57.9 Å². The van der Waals surface area contributed by atoms with Crippen LogP contribution in [0.5, 0.6) is 0 Å². The third-order valence-corrected chi connectivity index (χ3v) is 8.24. The van der Waals surface area contributed by atoms with Gasteiger partial charge in [0.15, 0.2) is 5.84 Å². The summed E-state index contributed by atoms with van der Waals surface area (Å²) in [6.45, 7) is 5.35. The fourth-order valence-electron chi connectivity index (χ4n) is 3.33. The molecule has 0 fully saturated rings. The first-order valence-electron chi connectivity index (χ1n) is 9.30. The molecule has 1 amide bonds. The van der Waals surface area contributed by atoms with Gasteiger partial charge in [-0.15, -0.1) is 5.10 Å². The highest BCUT2D eigenvalue weighted by molar-refractivity contribution is 8.42. The molecular formula is C20H18ClN5O3S2. The molecule has 0 unspecified atom stereocenters. The van der Waals surface area contributed by atoms with Gasteiger partial charge < -0.3 is 4.57 Å². The Labute approximate surface area is 188 Å². The van der Waals surface area contributed by atoms with Crippen LogP contribution in [0.25, 0.3) is 11.8 Å². The molecule has 4 rings (SSSR count). The van der Waals surface area contributed by atoms with Crippen LogP contribution in [-0.2, 0) is 14.6 Å². The molecule has 0 saturated heterocycles. The van der Waals surface area contributed by atoms with Crippen LogP contribution in [0, 0.1) is 19.3 Å². The number of aromatic nitrogens is 1. The Morgan fingerprint density at radius 2 is 2.00 bits per heavy atom. The number of amidine groups is 2. The number of sulfone groups is 1. The highest BCUT2D eigenvalue weighted by Crippen LogP contribution is 2.31. The fourth-order valence-corrected chi connectivity index (χ4v) is 5.67. The molecule has 2 aliphatic rings. The maximum atomic E-state index is 12.6. The molecule has 0 radical (unpaired) electrons. The Kier molecular flexibility index (Phi) is 5.40. The molecule has 11 heteroatoms. The lowest BCUT2D eigenvalue weighted by molar-refractivity contribution is -0.114. The molecule has 31 heavy (non-hydrogen) atoms. The molecule has 0 bridgehead atoms. The maximum Gasteiger partial charge on any atom is 0.283 e. The number of thioether (sulfide) groups is 1. The van der Waals surface area contributed by atoms with E-state index in [9.17, 15) is 13.2 Å². The number of amides is 1. The summed E-state index contributed by atoms with van der Waals surface area (Å²) in [4.78, 5) is 16.6. The number of halogens is 1. The van der Waals surface area contributed by atoms with Crippen LogP contribution in [0.3, 0.4) is 0 Å². The number of carbonyl (C=O) groups excluding carboxylic acids is 1. The zero-order valence-corrected chi connectivity index (χ0v) is 19.3. The van der Waals surface area contributed by atoms with Crippen LogP contribution in [0.2, 0.25) is 5.02 Å². The van der Waals surface area contributed by atoms with Crippen molar-refractivity contribution in [2.45, 2.75) is 20.8 Å². The number of rotatable bonds is 3. The number of benzene rings is 1. The van der Waals surface area contributed by atoms with Crippen molar-refractivity contribution in [3.63, 3.8) is 0 Å². The van der Waals surface area contributed by atoms with Crippen molar-refractivity contribution in [1.29, 1.82) is 5.41 Å². The summed E-state index contributed by atoms with van der Waals surface area (Å²) in [5.74, 6) is -0.947. The molecule has 8 nitrogen and oxygen atoms in total. The molecule has 0 aliphatic carbocycles. The summed E-state index contributed by atoms with van der Waals surface area (Å²) in [6, 6.07) is 9.32. The van der Waals surface area contributed by atoms with E-state index in [-0.39, 0.29) is 26.7 Å². The Hall–Kier alpha value is -2.69. The van der Waals surface area contributed by atoms with Crippen molar-refractivity contribution in [1.82, 2.24) is 9.58 Å². The molecule has 0 saturated carbocycles. The SMILES string of the molecule is CCS(=O)(=O)C1=NN2C(=N)/C(=C/c3cc(C)n(-c4cccc(Cl)c4)c3C)C(=O)N=C2S1. The number of aryl methyl sites for hydroxylation is 1. The zero-order chi connectivity index (χ0) is 22.5. The first-order valence-corrected chi connectivity index (χ1v) is 12.1. The second-order valence-electron chi connectivity index (χ2n) is 6.93. The number of carbonyl (C=O) groups is 1. The fraction of sp³-hybridized carbons (Fsp3) is 0.200. The van der Waals surface area contributed by atoms with Crippen LogP contribution >= 0.6 is 23.4 Å². The summed E-state index contributed by atoms with van der Waals surface area (Å²) in [6.07, 6.45) is 1.58. The van der Waals surface area contributed by atoms with Gasteiger partial charge in [-0.1, -0.05) is 24.6 Å². The molecule has 1 aromatic carbocycles. The summed E-state index contributed by atoms with van der Waals surface area (Å²) >= 11 is 6.91. The molecule has 2 aliphatic heterocycles. The third-order valence-electron chi connectivity index (χ3n) is 4.92. The molecule has 2 aromatic rings. The van der Waals surface area contributed by atoms with Crippen LogP contribution < -0.4 is 0 Å². The topological polar surface area (TPSA) is 108 Å². The van der Waals surface area contributed by atoms with Gasteiger partial charge in [0.1, 0.15) is 0 Å². The quantitative estimate of drug-likeness (QED) is 0.680. The number of nitrogens with one attached hydrogen (secondary N) is 1. The minimum Gasteiger partial charge on any atom is -0.318 e. The highest BCUT2D eigenvalue weighted by atomic mass is 35.5. The number of fused-ring (bicyclic) bond motifs is 1. The summed E-state index contributed by atoms with van der Waals surface area (Å²) < 4.78 is 26.1. The molecule has 3 heterocycles. The van der Waals surface area contributed by atoms with E-state index in [0.717, 1.165) is 39.4 Å². The van der Waals surface area contributed by atoms with Crippen molar-refractivity contribution < 1.29 is 13.2 Å². The van der Waals surface area contributed by atoms with Gasteiger partial charge >= 0.3 is 0 Å². The Bertz CT molecular complexity index is 1340. The lowest BCUT2D eigenvalue weighted by atomic mass is 10.1. The monoisotopic (exact) mass is 475 g/mol. The Morgan fingerprint density at radius 3 is 2.68 bits per heavy atom. The normalized spacial score (nSPS) is 17.8. The molecular weight excluding hydrogens is 458 g/mol. The average Bonchev–Trinajstić information content (AvgIpc) is 3.26. The smallest absolute Gasteiger partial charge is 0.283 e. The van der Waals surface area contributed by atoms with Crippen molar-refractivity contribution in [3.8, 4) is 5.69 Å². The summed E-state index contributed by atoms with van der Waals surface area (Å²) in [5.41, 5.74) is 3.44.